The van der Waals surface area contributed by atoms with Gasteiger partial charge >= 0.3 is 7.12 Å². The Bertz CT molecular complexity index is 770. The van der Waals surface area contributed by atoms with Gasteiger partial charge < -0.3 is 23.5 Å². The third-order valence-corrected chi connectivity index (χ3v) is 5.23. The Kier molecular flexibility index (Phi) is 5.40. The first-order valence-electron chi connectivity index (χ1n) is 9.04. The average Bonchev–Trinajstić information content (AvgIpc) is 2.87. The topological polar surface area (TPSA) is 46.2 Å². The minimum atomic E-state index is -0.464. The van der Waals surface area contributed by atoms with Crippen LogP contribution < -0.4 is 19.7 Å². The van der Waals surface area contributed by atoms with Gasteiger partial charge in [-0.15, -0.1) is 0 Å². The molecule has 0 unspecified atom stereocenters. The van der Waals surface area contributed by atoms with Crippen LogP contribution in [0.2, 0.25) is 0 Å². The van der Waals surface area contributed by atoms with E-state index in [0.717, 1.165) is 16.8 Å². The zero-order valence-electron chi connectivity index (χ0n) is 16.9. The summed E-state index contributed by atoms with van der Waals surface area (Å²) in [7, 11) is 2.82. The summed E-state index contributed by atoms with van der Waals surface area (Å²) in [6.45, 7) is 8.59. The highest BCUT2D eigenvalue weighted by molar-refractivity contribution is 6.62. The van der Waals surface area contributed by atoms with Gasteiger partial charge in [-0.2, -0.15) is 0 Å². The highest BCUT2D eigenvalue weighted by Crippen LogP contribution is 2.37. The highest BCUT2D eigenvalue weighted by atomic mass is 16.7. The zero-order chi connectivity index (χ0) is 19.7. The maximum atomic E-state index is 6.15. The van der Waals surface area contributed by atoms with Crippen LogP contribution in [0.3, 0.4) is 0 Å². The molecule has 3 rings (SSSR count). The summed E-state index contributed by atoms with van der Waals surface area (Å²) >= 11 is 0. The minimum absolute atomic E-state index is 0.398. The fourth-order valence-electron chi connectivity index (χ4n) is 2.80. The van der Waals surface area contributed by atoms with Crippen LogP contribution in [0.1, 0.15) is 33.3 Å². The molecule has 0 aromatic heterocycles. The van der Waals surface area contributed by atoms with Crippen LogP contribution in [0, 0.1) is 0 Å². The van der Waals surface area contributed by atoms with E-state index in [1.54, 1.807) is 14.2 Å². The quantitative estimate of drug-likeness (QED) is 0.728. The predicted molar refractivity (Wildman–Crippen MR) is 106 cm³/mol. The second-order valence-corrected chi connectivity index (χ2v) is 7.67. The first kappa shape index (κ1) is 19.6. The van der Waals surface area contributed by atoms with Gasteiger partial charge in [0.1, 0.15) is 23.9 Å². The molecule has 144 valence electrons. The van der Waals surface area contributed by atoms with Gasteiger partial charge in [0.2, 0.25) is 0 Å². The van der Waals surface area contributed by atoms with E-state index in [9.17, 15) is 0 Å². The van der Waals surface area contributed by atoms with Crippen molar-refractivity contribution in [2.24, 2.45) is 0 Å². The highest BCUT2D eigenvalue weighted by Gasteiger charge is 2.51. The molecule has 0 saturated carbocycles. The minimum Gasteiger partial charge on any atom is -0.497 e. The van der Waals surface area contributed by atoms with E-state index < -0.39 is 18.3 Å². The molecule has 27 heavy (non-hydrogen) atoms. The second-order valence-electron chi connectivity index (χ2n) is 7.67. The molecular weight excluding hydrogens is 343 g/mol. The van der Waals surface area contributed by atoms with Gasteiger partial charge in [0.15, 0.2) is 0 Å². The Balaban J connectivity index is 1.77. The van der Waals surface area contributed by atoms with Gasteiger partial charge in [-0.3, -0.25) is 0 Å². The Labute approximate surface area is 161 Å². The summed E-state index contributed by atoms with van der Waals surface area (Å²) < 4.78 is 28.9. The predicted octanol–water partition coefficient (Wildman–Crippen LogP) is 3.58. The van der Waals surface area contributed by atoms with E-state index in [1.165, 1.54) is 0 Å². The van der Waals surface area contributed by atoms with E-state index >= 15 is 0 Å². The third-order valence-electron chi connectivity index (χ3n) is 5.23. The van der Waals surface area contributed by atoms with Crippen molar-refractivity contribution in [3.63, 3.8) is 0 Å². The van der Waals surface area contributed by atoms with Crippen LogP contribution >= 0.6 is 0 Å². The number of ether oxygens (including phenoxy) is 3. The van der Waals surface area contributed by atoms with Gasteiger partial charge in [0.05, 0.1) is 25.4 Å². The summed E-state index contributed by atoms with van der Waals surface area (Å²) in [4.78, 5) is 0. The Morgan fingerprint density at radius 1 is 0.778 bits per heavy atom. The normalized spacial score (nSPS) is 17.6. The molecule has 1 fully saturated rings. The van der Waals surface area contributed by atoms with E-state index in [1.807, 2.05) is 70.2 Å². The molecule has 2 aromatic carbocycles. The standard InChI is InChI=1S/C21H27BO5/c1-20(2)21(3,4)27-22(26-20)16-11-18(24-6)13-19(12-16)25-14-15-7-9-17(23-5)10-8-15/h7-13H,14H2,1-6H3. The van der Waals surface area contributed by atoms with Crippen molar-refractivity contribution in [3.8, 4) is 17.2 Å². The van der Waals surface area contributed by atoms with E-state index in [2.05, 4.69) is 0 Å². The lowest BCUT2D eigenvalue weighted by Crippen LogP contribution is -2.41. The molecule has 5 nitrogen and oxygen atoms in total. The monoisotopic (exact) mass is 370 g/mol. The molecular formula is C21H27BO5. The number of methoxy groups -OCH3 is 2. The summed E-state index contributed by atoms with van der Waals surface area (Å²) in [6, 6.07) is 13.5. The molecule has 0 aliphatic carbocycles. The molecule has 0 amide bonds. The Morgan fingerprint density at radius 2 is 1.33 bits per heavy atom. The van der Waals surface area contributed by atoms with Gasteiger partial charge in [-0.05, 0) is 63.0 Å². The molecule has 1 saturated heterocycles. The lowest BCUT2D eigenvalue weighted by Gasteiger charge is -2.32. The van der Waals surface area contributed by atoms with Gasteiger partial charge in [-0.25, -0.2) is 0 Å². The smallest absolute Gasteiger partial charge is 0.495 e. The van der Waals surface area contributed by atoms with Crippen molar-refractivity contribution < 1.29 is 23.5 Å². The maximum Gasteiger partial charge on any atom is 0.495 e. The van der Waals surface area contributed by atoms with E-state index in [4.69, 9.17) is 23.5 Å². The van der Waals surface area contributed by atoms with Crippen molar-refractivity contribution in [2.45, 2.75) is 45.5 Å². The number of rotatable bonds is 6. The van der Waals surface area contributed by atoms with Crippen molar-refractivity contribution in [1.29, 1.82) is 0 Å². The number of hydrogen-bond donors (Lipinski definition) is 0. The van der Waals surface area contributed by atoms with E-state index in [-0.39, 0.29) is 0 Å². The van der Waals surface area contributed by atoms with E-state index in [0.29, 0.717) is 18.1 Å². The zero-order valence-corrected chi connectivity index (χ0v) is 16.9. The fraction of sp³-hybridized carbons (Fsp3) is 0.429. The van der Waals surface area contributed by atoms with Gasteiger partial charge in [-0.1, -0.05) is 12.1 Å². The van der Waals surface area contributed by atoms with Gasteiger partial charge in [0, 0.05) is 6.07 Å². The molecule has 1 heterocycles. The van der Waals surface area contributed by atoms with Crippen molar-refractivity contribution in [1.82, 2.24) is 0 Å². The molecule has 1 aliphatic heterocycles. The summed E-state index contributed by atoms with van der Waals surface area (Å²) in [5.74, 6) is 2.23. The van der Waals surface area contributed by atoms with Crippen LogP contribution in [-0.2, 0) is 15.9 Å². The van der Waals surface area contributed by atoms with Crippen LogP contribution in [0.25, 0.3) is 0 Å². The van der Waals surface area contributed by atoms with Gasteiger partial charge in [0.25, 0.3) is 0 Å². The van der Waals surface area contributed by atoms with Crippen molar-refractivity contribution in [2.75, 3.05) is 14.2 Å². The largest absolute Gasteiger partial charge is 0.497 e. The molecule has 0 N–H and O–H groups in total. The maximum absolute atomic E-state index is 6.15. The van der Waals surface area contributed by atoms with Crippen LogP contribution in [-0.4, -0.2) is 32.5 Å². The Morgan fingerprint density at radius 3 is 1.89 bits per heavy atom. The Hall–Kier alpha value is -2.18. The first-order valence-corrected chi connectivity index (χ1v) is 9.04. The fourth-order valence-corrected chi connectivity index (χ4v) is 2.80. The average molecular weight is 370 g/mol. The van der Waals surface area contributed by atoms with Crippen molar-refractivity contribution in [3.05, 3.63) is 48.0 Å². The molecule has 0 spiro atoms. The molecule has 0 atom stereocenters. The number of hydrogen-bond acceptors (Lipinski definition) is 5. The summed E-state index contributed by atoms with van der Waals surface area (Å²) in [5.41, 5.74) is 1.13. The van der Waals surface area contributed by atoms with Crippen LogP contribution in [0.15, 0.2) is 42.5 Å². The summed E-state index contributed by atoms with van der Waals surface area (Å²) in [5, 5.41) is 0. The lowest BCUT2D eigenvalue weighted by molar-refractivity contribution is 0.00578. The summed E-state index contributed by atoms with van der Waals surface area (Å²) in [6.07, 6.45) is 0. The second kappa shape index (κ2) is 7.45. The molecule has 1 aliphatic rings. The molecule has 2 aromatic rings. The third kappa shape index (κ3) is 4.23. The SMILES string of the molecule is COc1ccc(COc2cc(OC)cc(B3OC(C)(C)C(C)(C)O3)c2)cc1. The molecule has 0 radical (unpaired) electrons. The van der Waals surface area contributed by atoms with Crippen LogP contribution in [0.5, 0.6) is 17.2 Å². The first-order chi connectivity index (χ1) is 12.7. The van der Waals surface area contributed by atoms with Crippen molar-refractivity contribution >= 4 is 12.6 Å². The lowest BCUT2D eigenvalue weighted by atomic mass is 9.79. The van der Waals surface area contributed by atoms with Crippen LogP contribution in [0.4, 0.5) is 0 Å². The molecule has 0 bridgehead atoms. The molecule has 6 heteroatoms. The number of benzene rings is 2.